The minimum atomic E-state index is -1.64. The number of carbonyl (C=O) groups excluding carboxylic acids is 7. The van der Waals surface area contributed by atoms with Crippen LogP contribution in [0, 0.1) is 24.2 Å². The van der Waals surface area contributed by atoms with Gasteiger partial charge in [0, 0.05) is 25.9 Å². The molecule has 5 N–H and O–H groups in total. The standard InChI is InChI=1S/C48H68N6O9/c1-8-24-49-41(55)22-23-43(57)63-48(7,9-2)44(58)38(29-33(3)4)51-47(61)40(31-36-18-14-11-15-19-36)53-46(60)39(30-34(5)6)52-45(59)37(21-20-35-16-12-10-13-17-35)50-42(56)32-54-25-27-62-28-26-54/h1,10-19,33-34,37-40H,9,20-32H2,2-7H3,(H,49,55)(H,50,56)(H,51,61)(H,52,59)(H,53,60)/t37-,38-,39-,40-,48+/m0/s1. The van der Waals surface area contributed by atoms with Crippen LogP contribution in [0.1, 0.15) is 91.2 Å². The van der Waals surface area contributed by atoms with Crippen molar-refractivity contribution in [1.82, 2.24) is 31.5 Å². The number of terminal acetylenes is 1. The van der Waals surface area contributed by atoms with Crippen molar-refractivity contribution < 1.29 is 43.0 Å². The summed E-state index contributed by atoms with van der Waals surface area (Å²) in [4.78, 5) is 97.3. The number of ether oxygens (including phenoxy) is 2. The normalized spacial score (nSPS) is 15.7. The lowest BCUT2D eigenvalue weighted by atomic mass is 9.87. The van der Waals surface area contributed by atoms with Crippen molar-refractivity contribution in [1.29, 1.82) is 0 Å². The SMILES string of the molecule is C#CCNC(=O)CCC(=O)O[C@](C)(CC)C(=O)[C@H](CC(C)C)NC(=O)[C@H](Cc1ccccc1)NC(=O)[C@H](CC(C)C)NC(=O)[C@H](CCc1ccccc1)NC(=O)CN1CCOCC1. The van der Waals surface area contributed by atoms with E-state index in [0.717, 1.165) is 11.1 Å². The molecule has 0 aromatic heterocycles. The predicted molar refractivity (Wildman–Crippen MR) is 240 cm³/mol. The Kier molecular flexibility index (Phi) is 22.0. The zero-order valence-corrected chi connectivity index (χ0v) is 37.8. The molecule has 344 valence electrons. The molecule has 2 aromatic rings. The number of Topliss-reactive ketones (excluding diaryl/α,β-unsaturated/α-hetero) is 1. The van der Waals surface area contributed by atoms with Crippen molar-refractivity contribution in [2.45, 2.75) is 123 Å². The molecule has 1 aliphatic heterocycles. The molecule has 3 rings (SSSR count). The molecule has 0 aliphatic carbocycles. The maximum absolute atomic E-state index is 14.4. The van der Waals surface area contributed by atoms with Crippen LogP contribution >= 0.6 is 0 Å². The molecule has 0 spiro atoms. The Labute approximate surface area is 372 Å². The van der Waals surface area contributed by atoms with Crippen molar-refractivity contribution in [3.8, 4) is 12.3 Å². The number of rotatable bonds is 26. The number of esters is 1. The van der Waals surface area contributed by atoms with Crippen LogP contribution in [0.2, 0.25) is 0 Å². The number of nitrogens with zero attached hydrogens (tertiary/aromatic N) is 1. The van der Waals surface area contributed by atoms with Gasteiger partial charge in [0.05, 0.1) is 38.8 Å². The Morgan fingerprint density at radius 2 is 1.27 bits per heavy atom. The largest absolute Gasteiger partial charge is 0.451 e. The van der Waals surface area contributed by atoms with E-state index in [0.29, 0.717) is 32.7 Å². The Morgan fingerprint density at radius 1 is 0.730 bits per heavy atom. The molecule has 2 aromatic carbocycles. The third-order valence-corrected chi connectivity index (χ3v) is 10.8. The number of nitrogens with one attached hydrogen (secondary N) is 5. The van der Waals surface area contributed by atoms with Gasteiger partial charge >= 0.3 is 5.97 Å². The van der Waals surface area contributed by atoms with Crippen molar-refractivity contribution in [2.75, 3.05) is 39.4 Å². The summed E-state index contributed by atoms with van der Waals surface area (Å²) in [5.74, 6) is -1.69. The van der Waals surface area contributed by atoms with Gasteiger partial charge in [0.1, 0.15) is 18.1 Å². The lowest BCUT2D eigenvalue weighted by Crippen LogP contribution is -2.60. The first-order valence-corrected chi connectivity index (χ1v) is 22.1. The molecule has 0 saturated carbocycles. The van der Waals surface area contributed by atoms with E-state index in [1.54, 1.807) is 6.92 Å². The molecule has 1 heterocycles. The summed E-state index contributed by atoms with van der Waals surface area (Å²) >= 11 is 0. The molecular weight excluding hydrogens is 805 g/mol. The molecular formula is C48H68N6O9. The van der Waals surface area contributed by atoms with Crippen molar-refractivity contribution in [3.05, 3.63) is 71.8 Å². The molecule has 15 nitrogen and oxygen atoms in total. The number of benzene rings is 2. The number of ketones is 1. The van der Waals surface area contributed by atoms with Crippen molar-refractivity contribution >= 4 is 41.3 Å². The first-order chi connectivity index (χ1) is 30.0. The molecule has 5 amide bonds. The third kappa shape index (κ3) is 18.7. The van der Waals surface area contributed by atoms with E-state index in [1.807, 2.05) is 93.3 Å². The summed E-state index contributed by atoms with van der Waals surface area (Å²) in [6, 6.07) is 14.3. The first kappa shape index (κ1) is 51.8. The highest BCUT2D eigenvalue weighted by atomic mass is 16.6. The van der Waals surface area contributed by atoms with Gasteiger partial charge in [-0.25, -0.2) is 0 Å². The lowest BCUT2D eigenvalue weighted by molar-refractivity contribution is -0.168. The zero-order chi connectivity index (χ0) is 46.4. The van der Waals surface area contributed by atoms with E-state index in [4.69, 9.17) is 15.9 Å². The number of amides is 5. The second-order valence-electron chi connectivity index (χ2n) is 17.1. The highest BCUT2D eigenvalue weighted by Crippen LogP contribution is 2.23. The second kappa shape index (κ2) is 26.8. The third-order valence-electron chi connectivity index (χ3n) is 10.8. The fourth-order valence-electron chi connectivity index (χ4n) is 7.13. The average Bonchev–Trinajstić information content (AvgIpc) is 3.25. The van der Waals surface area contributed by atoms with E-state index < -0.39 is 65.1 Å². The molecule has 1 fully saturated rings. The highest BCUT2D eigenvalue weighted by Gasteiger charge is 2.42. The Morgan fingerprint density at radius 3 is 1.86 bits per heavy atom. The van der Waals surface area contributed by atoms with E-state index in [-0.39, 0.29) is 75.8 Å². The maximum Gasteiger partial charge on any atom is 0.307 e. The van der Waals surface area contributed by atoms with Crippen LogP contribution < -0.4 is 26.6 Å². The maximum atomic E-state index is 14.4. The van der Waals surface area contributed by atoms with Crippen LogP contribution in [0.4, 0.5) is 0 Å². The number of hydrogen-bond acceptors (Lipinski definition) is 10. The van der Waals surface area contributed by atoms with Gasteiger partial charge in [-0.05, 0) is 62.0 Å². The number of carbonyl (C=O) groups is 7. The number of hydrogen-bond donors (Lipinski definition) is 5. The minimum absolute atomic E-state index is 0.0136. The molecule has 63 heavy (non-hydrogen) atoms. The van der Waals surface area contributed by atoms with Gasteiger partial charge < -0.3 is 36.1 Å². The molecule has 1 aliphatic rings. The molecule has 0 bridgehead atoms. The van der Waals surface area contributed by atoms with Crippen LogP contribution in [-0.4, -0.2) is 115 Å². The first-order valence-electron chi connectivity index (χ1n) is 22.1. The van der Waals surface area contributed by atoms with Crippen LogP contribution in [0.5, 0.6) is 0 Å². The fourth-order valence-corrected chi connectivity index (χ4v) is 7.13. The average molecular weight is 873 g/mol. The Hall–Kier alpha value is -5.59. The van der Waals surface area contributed by atoms with Gasteiger partial charge in [-0.15, -0.1) is 6.42 Å². The van der Waals surface area contributed by atoms with E-state index in [1.165, 1.54) is 6.92 Å². The summed E-state index contributed by atoms with van der Waals surface area (Å²) in [7, 11) is 0. The molecule has 5 atom stereocenters. The summed E-state index contributed by atoms with van der Waals surface area (Å²) < 4.78 is 11.1. The van der Waals surface area contributed by atoms with Crippen LogP contribution in [0.25, 0.3) is 0 Å². The number of aryl methyl sites for hydroxylation is 1. The quantitative estimate of drug-likeness (QED) is 0.0692. The fraction of sp³-hybridized carbons (Fsp3) is 0.562. The number of morpholine rings is 1. The molecule has 0 radical (unpaired) electrons. The molecule has 0 unspecified atom stereocenters. The van der Waals surface area contributed by atoms with Gasteiger partial charge in [0.2, 0.25) is 29.5 Å². The van der Waals surface area contributed by atoms with Crippen LogP contribution in [0.15, 0.2) is 60.7 Å². The summed E-state index contributed by atoms with van der Waals surface area (Å²) in [6.45, 7) is 13.1. The Bertz CT molecular complexity index is 1840. The topological polar surface area (TPSA) is 201 Å². The van der Waals surface area contributed by atoms with Crippen molar-refractivity contribution in [3.63, 3.8) is 0 Å². The molecule has 15 heteroatoms. The minimum Gasteiger partial charge on any atom is -0.451 e. The zero-order valence-electron chi connectivity index (χ0n) is 37.8. The predicted octanol–water partition coefficient (Wildman–Crippen LogP) is 3.04. The van der Waals surface area contributed by atoms with Crippen LogP contribution in [0.3, 0.4) is 0 Å². The lowest BCUT2D eigenvalue weighted by Gasteiger charge is -2.33. The summed E-state index contributed by atoms with van der Waals surface area (Å²) in [5, 5.41) is 14.0. The van der Waals surface area contributed by atoms with Crippen LogP contribution in [-0.2, 0) is 55.9 Å². The van der Waals surface area contributed by atoms with Gasteiger partial charge in [0.15, 0.2) is 11.4 Å². The van der Waals surface area contributed by atoms with E-state index in [2.05, 4.69) is 32.5 Å². The smallest absolute Gasteiger partial charge is 0.307 e. The van der Waals surface area contributed by atoms with Gasteiger partial charge in [0.25, 0.3) is 0 Å². The summed E-state index contributed by atoms with van der Waals surface area (Å²) in [6.07, 6.45) is 6.07. The second-order valence-corrected chi connectivity index (χ2v) is 17.1. The van der Waals surface area contributed by atoms with E-state index in [9.17, 15) is 33.6 Å². The summed E-state index contributed by atoms with van der Waals surface area (Å²) in [5.41, 5.74) is 0.0759. The van der Waals surface area contributed by atoms with Gasteiger partial charge in [-0.2, -0.15) is 0 Å². The Balaban J connectivity index is 1.85. The van der Waals surface area contributed by atoms with Crippen molar-refractivity contribution in [2.24, 2.45) is 11.8 Å². The monoisotopic (exact) mass is 873 g/mol. The van der Waals surface area contributed by atoms with Gasteiger partial charge in [-0.3, -0.25) is 38.5 Å². The van der Waals surface area contributed by atoms with E-state index >= 15 is 0 Å². The molecule has 1 saturated heterocycles. The highest BCUT2D eigenvalue weighted by molar-refractivity contribution is 5.98. The van der Waals surface area contributed by atoms with Gasteiger partial charge in [-0.1, -0.05) is 101 Å².